The third-order valence-corrected chi connectivity index (χ3v) is 8.58. The Morgan fingerprint density at radius 2 is 1.86 bits per heavy atom. The van der Waals surface area contributed by atoms with Crippen LogP contribution in [0.25, 0.3) is 0 Å². The molecule has 43 heavy (non-hydrogen) atoms. The average Bonchev–Trinajstić information content (AvgIpc) is 3.69. The molecule has 1 fully saturated rings. The molecule has 12 heteroatoms. The number of nitrogens with zero attached hydrogens (tertiary/aromatic N) is 3. The number of thiophene rings is 1. The third-order valence-electron chi connectivity index (χ3n) is 7.66. The van der Waals surface area contributed by atoms with Crippen LogP contribution in [0.2, 0.25) is 0 Å². The molecule has 0 aliphatic carbocycles. The molecule has 2 unspecified atom stereocenters. The van der Waals surface area contributed by atoms with E-state index in [9.17, 15) is 23.2 Å². The second kappa shape index (κ2) is 11.4. The van der Waals surface area contributed by atoms with E-state index in [0.717, 1.165) is 15.3 Å². The zero-order valence-electron chi connectivity index (χ0n) is 24.4. The van der Waals surface area contributed by atoms with Crippen LogP contribution in [-0.4, -0.2) is 53.7 Å². The van der Waals surface area contributed by atoms with Gasteiger partial charge in [-0.05, 0) is 52.6 Å². The lowest BCUT2D eigenvalue weighted by Crippen LogP contribution is -2.43. The van der Waals surface area contributed by atoms with E-state index in [4.69, 9.17) is 4.74 Å². The van der Waals surface area contributed by atoms with Gasteiger partial charge >= 0.3 is 12.6 Å². The van der Waals surface area contributed by atoms with Crippen molar-refractivity contribution < 1.29 is 32.6 Å². The maximum Gasteiger partial charge on any atom is 0.387 e. The van der Waals surface area contributed by atoms with Gasteiger partial charge < -0.3 is 14.8 Å². The number of amides is 4. The summed E-state index contributed by atoms with van der Waals surface area (Å²) < 4.78 is 35.6. The third kappa shape index (κ3) is 5.83. The van der Waals surface area contributed by atoms with Gasteiger partial charge in [0.1, 0.15) is 12.1 Å². The molecule has 1 aromatic heterocycles. The van der Waals surface area contributed by atoms with Crippen molar-refractivity contribution in [3.05, 3.63) is 81.5 Å². The number of hydrogen-bond donors (Lipinski definition) is 1. The molecular formula is C31H32F2N4O5S. The number of urea groups is 1. The lowest BCUT2D eigenvalue weighted by molar-refractivity contribution is -0.140. The molecule has 3 aromatic rings. The van der Waals surface area contributed by atoms with Crippen LogP contribution < -0.4 is 14.8 Å². The van der Waals surface area contributed by atoms with Crippen LogP contribution in [0.4, 0.5) is 13.6 Å². The molecule has 1 saturated heterocycles. The molecule has 2 aromatic carbocycles. The highest BCUT2D eigenvalue weighted by Crippen LogP contribution is 2.39. The minimum atomic E-state index is -3.04. The fraction of sp³-hybridized carbons (Fsp3) is 0.355. The Labute approximate surface area is 252 Å². The molecule has 2 atom stereocenters. The van der Waals surface area contributed by atoms with Crippen LogP contribution in [0.5, 0.6) is 11.5 Å². The summed E-state index contributed by atoms with van der Waals surface area (Å²) in [7, 11) is 1.33. The van der Waals surface area contributed by atoms with Crippen LogP contribution in [0, 0.1) is 0 Å². The molecule has 2 aliphatic rings. The molecule has 226 valence electrons. The highest BCUT2D eigenvalue weighted by atomic mass is 32.1. The number of rotatable bonds is 8. The molecule has 9 nitrogen and oxygen atoms in total. The van der Waals surface area contributed by atoms with Crippen molar-refractivity contribution in [3.63, 3.8) is 0 Å². The van der Waals surface area contributed by atoms with Crippen LogP contribution >= 0.6 is 11.3 Å². The van der Waals surface area contributed by atoms with Crippen molar-refractivity contribution >= 4 is 34.9 Å². The van der Waals surface area contributed by atoms with E-state index in [1.807, 2.05) is 41.8 Å². The second-order valence-electron chi connectivity index (χ2n) is 11.5. The van der Waals surface area contributed by atoms with Gasteiger partial charge in [0.25, 0.3) is 11.8 Å². The summed E-state index contributed by atoms with van der Waals surface area (Å²) in [5.74, 6) is -1.22. The Morgan fingerprint density at radius 3 is 2.47 bits per heavy atom. The lowest BCUT2D eigenvalue weighted by Gasteiger charge is -2.26. The van der Waals surface area contributed by atoms with Crippen LogP contribution in [0.15, 0.2) is 65.1 Å². The molecule has 0 saturated carbocycles. The molecule has 0 spiro atoms. The van der Waals surface area contributed by atoms with E-state index in [1.165, 1.54) is 35.6 Å². The maximum absolute atomic E-state index is 13.8. The predicted octanol–water partition coefficient (Wildman–Crippen LogP) is 5.80. The first-order chi connectivity index (χ1) is 20.3. The summed E-state index contributed by atoms with van der Waals surface area (Å²) in [4.78, 5) is 42.2. The number of carbonyl (C=O) groups excluding carboxylic acids is 3. The maximum atomic E-state index is 13.8. The van der Waals surface area contributed by atoms with Crippen molar-refractivity contribution in [3.8, 4) is 11.5 Å². The molecule has 1 N–H and O–H groups in total. The fourth-order valence-electron chi connectivity index (χ4n) is 5.22. The van der Waals surface area contributed by atoms with Crippen LogP contribution in [-0.2, 0) is 20.5 Å². The Balaban J connectivity index is 1.41. The van der Waals surface area contributed by atoms with E-state index in [2.05, 4.69) is 35.9 Å². The molecule has 0 bridgehead atoms. The van der Waals surface area contributed by atoms with Gasteiger partial charge in [0.15, 0.2) is 11.5 Å². The Hall–Kier alpha value is -4.32. The lowest BCUT2D eigenvalue weighted by atomic mass is 9.84. The Kier molecular flexibility index (Phi) is 7.99. The standard InChI is InChI=1S/C31H32F2N4O5S/c1-30(2,3)19-9-11-20(12-10-19)31(4)27(39)36(29(40)34-31)17-26(38)37-22(16-21(35-37)25-7-6-14-43-25)18-8-13-23(42-28(32)33)24(15-18)41-5/h6-15,22,28H,16-17H2,1-5H3,(H,34,40). The van der Waals surface area contributed by atoms with Gasteiger partial charge in [-0.15, -0.1) is 11.3 Å². The van der Waals surface area contributed by atoms with Gasteiger partial charge in [-0.1, -0.05) is 57.2 Å². The summed E-state index contributed by atoms with van der Waals surface area (Å²) in [5, 5.41) is 10.5. The number of hydrazone groups is 1. The number of halogens is 2. The van der Waals surface area contributed by atoms with Crippen molar-refractivity contribution in [2.45, 2.75) is 57.7 Å². The zero-order valence-corrected chi connectivity index (χ0v) is 25.2. The van der Waals surface area contributed by atoms with Gasteiger partial charge in [0, 0.05) is 6.42 Å². The number of ether oxygens (including phenoxy) is 2. The first-order valence-electron chi connectivity index (χ1n) is 13.6. The Morgan fingerprint density at radius 1 is 1.14 bits per heavy atom. The first kappa shape index (κ1) is 30.1. The van der Waals surface area contributed by atoms with Crippen molar-refractivity contribution in [1.29, 1.82) is 0 Å². The van der Waals surface area contributed by atoms with Gasteiger partial charge in [0.2, 0.25) is 0 Å². The van der Waals surface area contributed by atoms with Crippen molar-refractivity contribution in [2.75, 3.05) is 13.7 Å². The normalized spacial score (nSPS) is 20.5. The van der Waals surface area contributed by atoms with E-state index in [-0.39, 0.29) is 16.9 Å². The SMILES string of the molecule is COc1cc(C2CC(c3cccs3)=NN2C(=O)CN2C(=O)NC(C)(c3ccc(C(C)(C)C)cc3)C2=O)ccc1OC(F)F. The summed E-state index contributed by atoms with van der Waals surface area (Å²) in [6.07, 6.45) is 0.322. The van der Waals surface area contributed by atoms with Crippen molar-refractivity contribution in [1.82, 2.24) is 15.2 Å². The van der Waals surface area contributed by atoms with Crippen molar-refractivity contribution in [2.24, 2.45) is 5.10 Å². The first-order valence-corrected chi connectivity index (χ1v) is 14.5. The van der Waals surface area contributed by atoms with Crippen LogP contribution in [0.1, 0.15) is 61.7 Å². The molecule has 2 aliphatic heterocycles. The number of benzene rings is 2. The molecule has 4 amide bonds. The summed E-state index contributed by atoms with van der Waals surface area (Å²) >= 11 is 1.46. The fourth-order valence-corrected chi connectivity index (χ4v) is 5.94. The van der Waals surface area contributed by atoms with Gasteiger partial charge in [-0.3, -0.25) is 14.5 Å². The number of imide groups is 1. The highest BCUT2D eigenvalue weighted by molar-refractivity contribution is 7.12. The number of hydrogen-bond acceptors (Lipinski definition) is 7. The summed E-state index contributed by atoms with van der Waals surface area (Å²) in [6.45, 7) is 4.29. The van der Waals surface area contributed by atoms with E-state index < -0.39 is 42.6 Å². The molecule has 5 rings (SSSR count). The number of nitrogens with one attached hydrogen (secondary N) is 1. The van der Waals surface area contributed by atoms with E-state index in [0.29, 0.717) is 23.3 Å². The molecular weight excluding hydrogens is 578 g/mol. The van der Waals surface area contributed by atoms with Gasteiger partial charge in [-0.25, -0.2) is 9.80 Å². The summed E-state index contributed by atoms with van der Waals surface area (Å²) in [6, 6.07) is 14.3. The zero-order chi connectivity index (χ0) is 31.1. The number of methoxy groups -OCH3 is 1. The average molecular weight is 611 g/mol. The van der Waals surface area contributed by atoms with Crippen LogP contribution in [0.3, 0.4) is 0 Å². The second-order valence-corrected chi connectivity index (χ2v) is 12.5. The summed E-state index contributed by atoms with van der Waals surface area (Å²) in [5.41, 5.74) is 1.44. The minimum Gasteiger partial charge on any atom is -0.493 e. The van der Waals surface area contributed by atoms with E-state index in [1.54, 1.807) is 13.0 Å². The van der Waals surface area contributed by atoms with E-state index >= 15 is 0 Å². The minimum absolute atomic E-state index is 0.0668. The largest absolute Gasteiger partial charge is 0.493 e. The van der Waals surface area contributed by atoms with Gasteiger partial charge in [-0.2, -0.15) is 13.9 Å². The molecule has 0 radical (unpaired) electrons. The highest BCUT2D eigenvalue weighted by Gasteiger charge is 2.50. The Bertz CT molecular complexity index is 1570. The number of carbonyl (C=O) groups is 3. The number of alkyl halides is 2. The quantitative estimate of drug-likeness (QED) is 0.325. The topological polar surface area (TPSA) is 101 Å². The molecule has 3 heterocycles. The monoisotopic (exact) mass is 610 g/mol. The predicted molar refractivity (Wildman–Crippen MR) is 157 cm³/mol. The van der Waals surface area contributed by atoms with Gasteiger partial charge in [0.05, 0.1) is 23.7 Å². The smallest absolute Gasteiger partial charge is 0.387 e.